The van der Waals surface area contributed by atoms with Crippen molar-refractivity contribution in [3.63, 3.8) is 0 Å². The van der Waals surface area contributed by atoms with Crippen LogP contribution >= 0.6 is 15.9 Å². The number of nitrogen functional groups attached to an aromatic ring is 1. The molecular weight excluding hydrogens is 292 g/mol. The van der Waals surface area contributed by atoms with Crippen LogP contribution in [0.25, 0.3) is 22.4 Å². The van der Waals surface area contributed by atoms with Crippen molar-refractivity contribution < 1.29 is 0 Å². The van der Waals surface area contributed by atoms with Crippen LogP contribution in [-0.4, -0.2) is 15.0 Å². The Kier molecular flexibility index (Phi) is 2.56. The zero-order valence-electron chi connectivity index (χ0n) is 9.74. The minimum absolute atomic E-state index is 0.619. The number of hydrogen-bond acceptors (Lipinski definition) is 3. The Hall–Kier alpha value is -1.88. The molecule has 3 rings (SSSR count). The van der Waals surface area contributed by atoms with Crippen LogP contribution in [-0.2, 0) is 0 Å². The van der Waals surface area contributed by atoms with Gasteiger partial charge in [0.25, 0.3) is 0 Å². The summed E-state index contributed by atoms with van der Waals surface area (Å²) >= 11 is 3.48. The zero-order chi connectivity index (χ0) is 12.7. The zero-order valence-corrected chi connectivity index (χ0v) is 11.3. The molecule has 4 nitrogen and oxygen atoms in total. The monoisotopic (exact) mass is 302 g/mol. The molecule has 0 aliphatic rings. The number of hydrogen-bond donors (Lipinski definition) is 2. The smallest absolute Gasteiger partial charge is 0.140 e. The fourth-order valence-corrected chi connectivity index (χ4v) is 2.57. The molecule has 90 valence electrons. The van der Waals surface area contributed by atoms with E-state index in [4.69, 9.17) is 5.73 Å². The Bertz CT molecular complexity index is 733. The highest BCUT2D eigenvalue weighted by Gasteiger charge is 2.10. The first-order valence-electron chi connectivity index (χ1n) is 5.51. The number of anilines is 1. The molecule has 5 heteroatoms. The lowest BCUT2D eigenvalue weighted by atomic mass is 10.2. The second kappa shape index (κ2) is 4.10. The third kappa shape index (κ3) is 1.76. The van der Waals surface area contributed by atoms with Crippen LogP contribution in [0.2, 0.25) is 0 Å². The topological polar surface area (TPSA) is 67.6 Å². The van der Waals surface area contributed by atoms with Gasteiger partial charge in [-0.15, -0.1) is 0 Å². The van der Waals surface area contributed by atoms with Crippen molar-refractivity contribution in [1.82, 2.24) is 15.0 Å². The molecule has 1 aromatic carbocycles. The van der Waals surface area contributed by atoms with Gasteiger partial charge in [-0.05, 0) is 30.7 Å². The summed E-state index contributed by atoms with van der Waals surface area (Å²) in [4.78, 5) is 11.9. The van der Waals surface area contributed by atoms with Crippen LogP contribution in [0.15, 0.2) is 35.1 Å². The molecule has 0 fully saturated rings. The standard InChI is InChI=1S/C13H11BrN4/c1-7-4-8(14)5-11-12(7)18-13(17-11)9-2-3-16-6-10(9)15/h2-6H,15H2,1H3,(H,17,18). The summed E-state index contributed by atoms with van der Waals surface area (Å²) in [7, 11) is 0. The molecule has 3 aromatic rings. The Morgan fingerprint density at radius 2 is 2.17 bits per heavy atom. The van der Waals surface area contributed by atoms with E-state index >= 15 is 0 Å². The first-order chi connectivity index (χ1) is 8.65. The molecule has 0 amide bonds. The number of fused-ring (bicyclic) bond motifs is 1. The van der Waals surface area contributed by atoms with Crippen LogP contribution in [0.5, 0.6) is 0 Å². The predicted octanol–water partition coefficient (Wildman–Crippen LogP) is 3.28. The Labute approximate surface area is 112 Å². The molecule has 2 aromatic heterocycles. The van der Waals surface area contributed by atoms with Gasteiger partial charge in [-0.25, -0.2) is 4.98 Å². The van der Waals surface area contributed by atoms with Gasteiger partial charge in [0.2, 0.25) is 0 Å². The highest BCUT2D eigenvalue weighted by atomic mass is 79.9. The quantitative estimate of drug-likeness (QED) is 0.725. The van der Waals surface area contributed by atoms with E-state index in [2.05, 4.69) is 30.9 Å². The summed E-state index contributed by atoms with van der Waals surface area (Å²) in [5, 5.41) is 0. The maximum absolute atomic E-state index is 5.91. The summed E-state index contributed by atoms with van der Waals surface area (Å²) in [5.41, 5.74) is 10.5. The van der Waals surface area contributed by atoms with E-state index in [0.717, 1.165) is 32.5 Å². The van der Waals surface area contributed by atoms with E-state index < -0.39 is 0 Å². The SMILES string of the molecule is Cc1cc(Br)cc2[nH]c(-c3ccncc3N)nc12. The molecule has 0 saturated heterocycles. The number of aryl methyl sites for hydroxylation is 1. The Morgan fingerprint density at radius 1 is 1.33 bits per heavy atom. The third-order valence-electron chi connectivity index (χ3n) is 2.85. The van der Waals surface area contributed by atoms with Gasteiger partial charge in [0.1, 0.15) is 5.82 Å². The van der Waals surface area contributed by atoms with Crippen molar-refractivity contribution in [1.29, 1.82) is 0 Å². The van der Waals surface area contributed by atoms with E-state index in [1.807, 2.05) is 25.1 Å². The number of rotatable bonds is 1. The highest BCUT2D eigenvalue weighted by Crippen LogP contribution is 2.28. The minimum atomic E-state index is 0.619. The van der Waals surface area contributed by atoms with Crippen LogP contribution in [0.4, 0.5) is 5.69 Å². The lowest BCUT2D eigenvalue weighted by Gasteiger charge is -1.99. The van der Waals surface area contributed by atoms with Gasteiger partial charge >= 0.3 is 0 Å². The predicted molar refractivity (Wildman–Crippen MR) is 76.2 cm³/mol. The molecule has 0 bridgehead atoms. The number of pyridine rings is 1. The van der Waals surface area contributed by atoms with Gasteiger partial charge in [0.15, 0.2) is 0 Å². The average Bonchev–Trinajstić information content (AvgIpc) is 2.73. The van der Waals surface area contributed by atoms with Crippen LogP contribution in [0, 0.1) is 6.92 Å². The van der Waals surface area contributed by atoms with Crippen LogP contribution < -0.4 is 5.73 Å². The highest BCUT2D eigenvalue weighted by molar-refractivity contribution is 9.10. The summed E-state index contributed by atoms with van der Waals surface area (Å²) in [6, 6.07) is 5.91. The normalized spacial score (nSPS) is 11.0. The second-order valence-electron chi connectivity index (χ2n) is 4.17. The number of nitrogens with one attached hydrogen (secondary N) is 1. The molecule has 0 aliphatic carbocycles. The van der Waals surface area contributed by atoms with Crippen LogP contribution in [0.1, 0.15) is 5.56 Å². The second-order valence-corrected chi connectivity index (χ2v) is 5.08. The van der Waals surface area contributed by atoms with Gasteiger partial charge in [-0.2, -0.15) is 0 Å². The first-order valence-corrected chi connectivity index (χ1v) is 6.30. The van der Waals surface area contributed by atoms with Gasteiger partial charge in [-0.1, -0.05) is 15.9 Å². The summed E-state index contributed by atoms with van der Waals surface area (Å²) in [6.45, 7) is 2.04. The fourth-order valence-electron chi connectivity index (χ4n) is 2.00. The molecule has 0 spiro atoms. The molecule has 0 radical (unpaired) electrons. The average molecular weight is 303 g/mol. The van der Waals surface area contributed by atoms with Crippen molar-refractivity contribution in [2.45, 2.75) is 6.92 Å². The number of imidazole rings is 1. The van der Waals surface area contributed by atoms with Crippen molar-refractivity contribution >= 4 is 32.7 Å². The van der Waals surface area contributed by atoms with Crippen molar-refractivity contribution in [2.24, 2.45) is 0 Å². The van der Waals surface area contributed by atoms with E-state index in [1.165, 1.54) is 0 Å². The fraction of sp³-hybridized carbons (Fsp3) is 0.0769. The number of aromatic nitrogens is 3. The largest absolute Gasteiger partial charge is 0.397 e. The van der Waals surface area contributed by atoms with Crippen molar-refractivity contribution in [3.8, 4) is 11.4 Å². The van der Waals surface area contributed by atoms with E-state index in [9.17, 15) is 0 Å². The maximum Gasteiger partial charge on any atom is 0.140 e. The van der Waals surface area contributed by atoms with Crippen molar-refractivity contribution in [3.05, 3.63) is 40.6 Å². The van der Waals surface area contributed by atoms with Gasteiger partial charge in [0.05, 0.1) is 22.9 Å². The molecule has 2 heterocycles. The summed E-state index contributed by atoms with van der Waals surface area (Å²) in [6.07, 6.45) is 3.34. The molecule has 0 saturated carbocycles. The van der Waals surface area contributed by atoms with E-state index in [1.54, 1.807) is 12.4 Å². The summed E-state index contributed by atoms with van der Waals surface area (Å²) in [5.74, 6) is 0.770. The number of benzene rings is 1. The Morgan fingerprint density at radius 3 is 2.94 bits per heavy atom. The molecule has 0 atom stereocenters. The lowest BCUT2D eigenvalue weighted by molar-refractivity contribution is 1.29. The van der Waals surface area contributed by atoms with Crippen molar-refractivity contribution in [2.75, 3.05) is 5.73 Å². The van der Waals surface area contributed by atoms with Crippen LogP contribution in [0.3, 0.4) is 0 Å². The number of halogens is 1. The summed E-state index contributed by atoms with van der Waals surface area (Å²) < 4.78 is 1.03. The number of nitrogens with two attached hydrogens (primary N) is 1. The molecule has 3 N–H and O–H groups in total. The third-order valence-corrected chi connectivity index (χ3v) is 3.31. The molecule has 0 unspecified atom stereocenters. The maximum atomic E-state index is 5.91. The number of H-pyrrole nitrogens is 1. The lowest BCUT2D eigenvalue weighted by Crippen LogP contribution is -1.91. The van der Waals surface area contributed by atoms with Gasteiger partial charge in [0, 0.05) is 16.2 Å². The molecular formula is C13H11BrN4. The minimum Gasteiger partial charge on any atom is -0.397 e. The van der Waals surface area contributed by atoms with E-state index in [0.29, 0.717) is 5.69 Å². The van der Waals surface area contributed by atoms with Gasteiger partial charge in [-0.3, -0.25) is 4.98 Å². The van der Waals surface area contributed by atoms with E-state index in [-0.39, 0.29) is 0 Å². The molecule has 18 heavy (non-hydrogen) atoms. The first kappa shape index (κ1) is 11.2. The number of nitrogens with zero attached hydrogens (tertiary/aromatic N) is 2. The number of aromatic amines is 1. The van der Waals surface area contributed by atoms with Gasteiger partial charge < -0.3 is 10.7 Å². The Balaban J connectivity index is 2.26. The molecule has 0 aliphatic heterocycles.